The SMILES string of the molecule is COC1C(=O)C=C(C)C1C. The molecule has 0 aromatic heterocycles. The third-order valence-electron chi connectivity index (χ3n) is 2.08. The van der Waals surface area contributed by atoms with Gasteiger partial charge in [-0.05, 0) is 13.0 Å². The van der Waals surface area contributed by atoms with Crippen molar-refractivity contribution in [2.24, 2.45) is 5.92 Å². The summed E-state index contributed by atoms with van der Waals surface area (Å²) in [6, 6.07) is 0. The highest BCUT2D eigenvalue weighted by molar-refractivity contribution is 5.97. The molecule has 10 heavy (non-hydrogen) atoms. The van der Waals surface area contributed by atoms with Crippen molar-refractivity contribution in [1.29, 1.82) is 0 Å². The van der Waals surface area contributed by atoms with Crippen molar-refractivity contribution < 1.29 is 9.53 Å². The summed E-state index contributed by atoms with van der Waals surface area (Å²) >= 11 is 0. The van der Waals surface area contributed by atoms with Gasteiger partial charge in [0, 0.05) is 13.0 Å². The van der Waals surface area contributed by atoms with Crippen molar-refractivity contribution in [3.05, 3.63) is 11.6 Å². The molecular formula is C8H12O2. The molecule has 2 unspecified atom stereocenters. The van der Waals surface area contributed by atoms with Crippen LogP contribution in [0, 0.1) is 5.92 Å². The Morgan fingerprint density at radius 3 is 2.40 bits per heavy atom. The van der Waals surface area contributed by atoms with E-state index in [9.17, 15) is 4.79 Å². The molecule has 1 rings (SSSR count). The molecule has 0 radical (unpaired) electrons. The van der Waals surface area contributed by atoms with Crippen molar-refractivity contribution in [3.63, 3.8) is 0 Å². The average molecular weight is 140 g/mol. The number of methoxy groups -OCH3 is 1. The van der Waals surface area contributed by atoms with E-state index in [4.69, 9.17) is 4.74 Å². The molecule has 0 spiro atoms. The number of carbonyl (C=O) groups excluding carboxylic acids is 1. The monoisotopic (exact) mass is 140 g/mol. The van der Waals surface area contributed by atoms with Crippen LogP contribution in [0.25, 0.3) is 0 Å². The van der Waals surface area contributed by atoms with Gasteiger partial charge in [0.15, 0.2) is 5.78 Å². The van der Waals surface area contributed by atoms with Gasteiger partial charge >= 0.3 is 0 Å². The van der Waals surface area contributed by atoms with Gasteiger partial charge in [-0.2, -0.15) is 0 Å². The fraction of sp³-hybridized carbons (Fsp3) is 0.625. The topological polar surface area (TPSA) is 26.3 Å². The van der Waals surface area contributed by atoms with E-state index < -0.39 is 0 Å². The van der Waals surface area contributed by atoms with E-state index in [-0.39, 0.29) is 17.8 Å². The van der Waals surface area contributed by atoms with Gasteiger partial charge in [-0.3, -0.25) is 4.79 Å². The number of rotatable bonds is 1. The summed E-state index contributed by atoms with van der Waals surface area (Å²) in [5, 5.41) is 0. The minimum atomic E-state index is -0.222. The van der Waals surface area contributed by atoms with Gasteiger partial charge in [-0.25, -0.2) is 0 Å². The lowest BCUT2D eigenvalue weighted by Crippen LogP contribution is -2.23. The van der Waals surface area contributed by atoms with Crippen LogP contribution in [0.4, 0.5) is 0 Å². The second kappa shape index (κ2) is 2.54. The van der Waals surface area contributed by atoms with Crippen molar-refractivity contribution in [2.75, 3.05) is 7.11 Å². The Kier molecular flexibility index (Phi) is 1.90. The second-order valence-corrected chi connectivity index (χ2v) is 2.74. The molecule has 0 N–H and O–H groups in total. The Hall–Kier alpha value is -0.630. The number of ether oxygens (including phenoxy) is 1. The summed E-state index contributed by atoms with van der Waals surface area (Å²) in [7, 11) is 1.57. The van der Waals surface area contributed by atoms with E-state index in [1.54, 1.807) is 13.2 Å². The van der Waals surface area contributed by atoms with Crippen LogP contribution in [0.15, 0.2) is 11.6 Å². The van der Waals surface area contributed by atoms with Crippen LogP contribution >= 0.6 is 0 Å². The number of hydrogen-bond donors (Lipinski definition) is 0. The second-order valence-electron chi connectivity index (χ2n) is 2.74. The van der Waals surface area contributed by atoms with Crippen molar-refractivity contribution in [3.8, 4) is 0 Å². The molecule has 0 fully saturated rings. The highest BCUT2D eigenvalue weighted by Crippen LogP contribution is 2.24. The van der Waals surface area contributed by atoms with E-state index in [2.05, 4.69) is 0 Å². The van der Waals surface area contributed by atoms with Gasteiger partial charge in [0.05, 0.1) is 0 Å². The first-order chi connectivity index (χ1) is 4.66. The summed E-state index contributed by atoms with van der Waals surface area (Å²) in [6.07, 6.45) is 1.44. The predicted octanol–water partition coefficient (Wildman–Crippen LogP) is 1.17. The molecule has 2 atom stereocenters. The smallest absolute Gasteiger partial charge is 0.184 e. The summed E-state index contributed by atoms with van der Waals surface area (Å²) in [4.78, 5) is 11.0. The molecule has 1 aliphatic carbocycles. The third-order valence-corrected chi connectivity index (χ3v) is 2.08. The standard InChI is InChI=1S/C8H12O2/c1-5-4-7(9)8(10-3)6(5)2/h4,6,8H,1-3H3. The lowest BCUT2D eigenvalue weighted by molar-refractivity contribution is -0.124. The van der Waals surface area contributed by atoms with Gasteiger partial charge in [-0.1, -0.05) is 12.5 Å². The zero-order valence-corrected chi connectivity index (χ0v) is 6.55. The minimum Gasteiger partial charge on any atom is -0.373 e. The Bertz CT molecular complexity index is 182. The van der Waals surface area contributed by atoms with E-state index >= 15 is 0 Å². The fourth-order valence-corrected chi connectivity index (χ4v) is 1.24. The van der Waals surface area contributed by atoms with E-state index in [0.29, 0.717) is 0 Å². The maximum Gasteiger partial charge on any atom is 0.184 e. The first-order valence-corrected chi connectivity index (χ1v) is 3.41. The Morgan fingerprint density at radius 2 is 2.20 bits per heavy atom. The highest BCUT2D eigenvalue weighted by atomic mass is 16.5. The van der Waals surface area contributed by atoms with Crippen molar-refractivity contribution >= 4 is 5.78 Å². The molecule has 0 aliphatic heterocycles. The normalized spacial score (nSPS) is 32.7. The maximum absolute atomic E-state index is 11.0. The molecule has 0 aromatic rings. The summed E-state index contributed by atoms with van der Waals surface area (Å²) in [6.45, 7) is 3.96. The van der Waals surface area contributed by atoms with Crippen molar-refractivity contribution in [2.45, 2.75) is 20.0 Å². The third kappa shape index (κ3) is 0.991. The molecule has 0 aromatic carbocycles. The number of carbonyl (C=O) groups is 1. The van der Waals surface area contributed by atoms with Crippen LogP contribution in [-0.4, -0.2) is 19.0 Å². The Balaban J connectivity index is 2.76. The molecule has 2 heteroatoms. The Labute approximate surface area is 60.9 Å². The quantitative estimate of drug-likeness (QED) is 0.546. The molecule has 0 bridgehead atoms. The average Bonchev–Trinajstić information content (AvgIpc) is 2.09. The summed E-state index contributed by atoms with van der Waals surface area (Å²) in [5.41, 5.74) is 1.12. The molecule has 56 valence electrons. The Morgan fingerprint density at radius 1 is 1.60 bits per heavy atom. The van der Waals surface area contributed by atoms with E-state index in [0.717, 1.165) is 5.57 Å². The lowest BCUT2D eigenvalue weighted by Gasteiger charge is -2.12. The fourth-order valence-electron chi connectivity index (χ4n) is 1.24. The van der Waals surface area contributed by atoms with Gasteiger partial charge in [0.1, 0.15) is 6.10 Å². The van der Waals surface area contributed by atoms with Gasteiger partial charge in [0.25, 0.3) is 0 Å². The molecule has 0 amide bonds. The summed E-state index contributed by atoms with van der Waals surface area (Å²) in [5.74, 6) is 0.366. The largest absolute Gasteiger partial charge is 0.373 e. The molecule has 0 heterocycles. The highest BCUT2D eigenvalue weighted by Gasteiger charge is 2.30. The lowest BCUT2D eigenvalue weighted by atomic mass is 10.0. The molecule has 2 nitrogen and oxygen atoms in total. The minimum absolute atomic E-state index is 0.104. The first-order valence-electron chi connectivity index (χ1n) is 3.41. The first kappa shape index (κ1) is 7.48. The summed E-state index contributed by atoms with van der Waals surface area (Å²) < 4.78 is 5.00. The molecule has 0 saturated heterocycles. The maximum atomic E-state index is 11.0. The van der Waals surface area contributed by atoms with Crippen LogP contribution in [0.1, 0.15) is 13.8 Å². The van der Waals surface area contributed by atoms with Crippen molar-refractivity contribution in [1.82, 2.24) is 0 Å². The number of ketones is 1. The zero-order valence-electron chi connectivity index (χ0n) is 6.55. The van der Waals surface area contributed by atoms with E-state index in [1.807, 2.05) is 13.8 Å². The van der Waals surface area contributed by atoms with Crippen LogP contribution in [-0.2, 0) is 9.53 Å². The molecular weight excluding hydrogens is 128 g/mol. The van der Waals surface area contributed by atoms with Gasteiger partial charge in [-0.15, -0.1) is 0 Å². The van der Waals surface area contributed by atoms with Gasteiger partial charge < -0.3 is 4.74 Å². The van der Waals surface area contributed by atoms with Crippen LogP contribution < -0.4 is 0 Å². The van der Waals surface area contributed by atoms with Gasteiger partial charge in [0.2, 0.25) is 0 Å². The predicted molar refractivity (Wildman–Crippen MR) is 38.7 cm³/mol. The number of hydrogen-bond acceptors (Lipinski definition) is 2. The van der Waals surface area contributed by atoms with Crippen LogP contribution in [0.3, 0.4) is 0 Å². The van der Waals surface area contributed by atoms with Crippen LogP contribution in [0.5, 0.6) is 0 Å². The zero-order chi connectivity index (χ0) is 7.72. The molecule has 1 aliphatic rings. The van der Waals surface area contributed by atoms with E-state index in [1.165, 1.54) is 0 Å². The van der Waals surface area contributed by atoms with Crippen LogP contribution in [0.2, 0.25) is 0 Å². The molecule has 0 saturated carbocycles.